The number of nitrogens with two attached hydrogens (primary N) is 1. The molecule has 5 heteroatoms. The average molecular weight is 293 g/mol. The highest BCUT2D eigenvalue weighted by atomic mass is 32.2. The van der Waals surface area contributed by atoms with E-state index >= 15 is 0 Å². The van der Waals surface area contributed by atoms with Crippen LogP contribution in [-0.2, 0) is 14.8 Å². The van der Waals surface area contributed by atoms with Gasteiger partial charge in [-0.25, -0.2) is 13.6 Å². The van der Waals surface area contributed by atoms with E-state index in [4.69, 9.17) is 9.88 Å². The monoisotopic (exact) mass is 293 g/mol. The Balaban J connectivity index is 3.03. The average Bonchev–Trinajstić information content (AvgIpc) is 2.34. The van der Waals surface area contributed by atoms with Crippen molar-refractivity contribution in [3.63, 3.8) is 0 Å². The predicted octanol–water partition coefficient (Wildman–Crippen LogP) is 3.21. The summed E-state index contributed by atoms with van der Waals surface area (Å²) in [6.07, 6.45) is 11.6. The molecule has 0 aliphatic heterocycles. The van der Waals surface area contributed by atoms with Gasteiger partial charge >= 0.3 is 0 Å². The van der Waals surface area contributed by atoms with E-state index in [1.54, 1.807) is 0 Å². The molecule has 19 heavy (non-hydrogen) atoms. The fourth-order valence-electron chi connectivity index (χ4n) is 2.07. The minimum Gasteiger partial charge on any atom is -0.382 e. The molecule has 0 bridgehead atoms. The molecule has 0 rings (SSSR count). The van der Waals surface area contributed by atoms with Gasteiger partial charge in [0.2, 0.25) is 10.0 Å². The third-order valence-electron chi connectivity index (χ3n) is 3.17. The van der Waals surface area contributed by atoms with Crippen molar-refractivity contribution in [2.24, 2.45) is 5.14 Å². The largest absolute Gasteiger partial charge is 0.382 e. The fraction of sp³-hybridized carbons (Fsp3) is 1.00. The number of ether oxygens (including phenoxy) is 1. The van der Waals surface area contributed by atoms with E-state index in [2.05, 4.69) is 0 Å². The van der Waals surface area contributed by atoms with Gasteiger partial charge in [0.05, 0.1) is 5.75 Å². The Morgan fingerprint density at radius 3 is 1.63 bits per heavy atom. The lowest BCUT2D eigenvalue weighted by molar-refractivity contribution is 0.143. The molecule has 0 atom stereocenters. The third-order valence-corrected chi connectivity index (χ3v) is 4.03. The molecule has 0 heterocycles. The van der Waals surface area contributed by atoms with Crippen molar-refractivity contribution in [3.8, 4) is 0 Å². The van der Waals surface area contributed by atoms with Gasteiger partial charge in [0.25, 0.3) is 0 Å². The second-order valence-electron chi connectivity index (χ2n) is 5.10. The molecule has 0 aliphatic rings. The summed E-state index contributed by atoms with van der Waals surface area (Å²) in [4.78, 5) is 0. The maximum atomic E-state index is 10.7. The van der Waals surface area contributed by atoms with E-state index in [-0.39, 0.29) is 5.75 Å². The minimum absolute atomic E-state index is 0.132. The van der Waals surface area contributed by atoms with Crippen LogP contribution in [0.3, 0.4) is 0 Å². The van der Waals surface area contributed by atoms with E-state index in [1.165, 1.54) is 44.9 Å². The van der Waals surface area contributed by atoms with Gasteiger partial charge in [-0.3, -0.25) is 0 Å². The molecule has 0 aliphatic carbocycles. The summed E-state index contributed by atoms with van der Waals surface area (Å²) in [5.74, 6) is 0.132. The lowest BCUT2D eigenvalue weighted by Crippen LogP contribution is -2.16. The molecular weight excluding hydrogens is 262 g/mol. The van der Waals surface area contributed by atoms with Crippen molar-refractivity contribution >= 4 is 10.0 Å². The van der Waals surface area contributed by atoms with Gasteiger partial charge in [0, 0.05) is 13.2 Å². The zero-order chi connectivity index (χ0) is 14.4. The number of rotatable bonds is 14. The van der Waals surface area contributed by atoms with Crippen LogP contribution in [0.2, 0.25) is 0 Å². The van der Waals surface area contributed by atoms with Crippen molar-refractivity contribution in [1.29, 1.82) is 0 Å². The van der Waals surface area contributed by atoms with E-state index in [0.717, 1.165) is 26.1 Å². The van der Waals surface area contributed by atoms with Crippen LogP contribution in [-0.4, -0.2) is 27.4 Å². The van der Waals surface area contributed by atoms with Gasteiger partial charge in [0.1, 0.15) is 0 Å². The van der Waals surface area contributed by atoms with Crippen LogP contribution in [0.5, 0.6) is 0 Å². The molecule has 2 N–H and O–H groups in total. The first-order valence-electron chi connectivity index (χ1n) is 7.64. The fourth-order valence-corrected chi connectivity index (χ4v) is 2.67. The molecule has 0 aromatic heterocycles. The third kappa shape index (κ3) is 17.9. The second kappa shape index (κ2) is 12.9. The standard InChI is InChI=1S/C14H31NO3S/c1-2-18-13-11-9-7-5-3-4-6-8-10-12-14-19(15,16)17/h2-14H2,1H3,(H2,15,16,17). The summed E-state index contributed by atoms with van der Waals surface area (Å²) in [7, 11) is -3.25. The Labute approximate surface area is 119 Å². The lowest BCUT2D eigenvalue weighted by atomic mass is 10.1. The number of primary sulfonamides is 1. The normalized spacial score (nSPS) is 11.9. The molecule has 0 saturated heterocycles. The summed E-state index contributed by atoms with van der Waals surface area (Å²) < 4.78 is 26.7. The molecule has 116 valence electrons. The first kappa shape index (κ1) is 18.9. The Kier molecular flexibility index (Phi) is 12.8. The Morgan fingerprint density at radius 2 is 1.21 bits per heavy atom. The van der Waals surface area contributed by atoms with E-state index < -0.39 is 10.0 Å². The van der Waals surface area contributed by atoms with Crippen LogP contribution in [0, 0.1) is 0 Å². The topological polar surface area (TPSA) is 69.4 Å². The molecule has 0 aromatic rings. The van der Waals surface area contributed by atoms with Crippen LogP contribution >= 0.6 is 0 Å². The zero-order valence-corrected chi connectivity index (χ0v) is 13.2. The molecule has 0 amide bonds. The quantitative estimate of drug-likeness (QED) is 0.500. The van der Waals surface area contributed by atoms with Crippen molar-refractivity contribution in [2.45, 2.75) is 71.1 Å². The van der Waals surface area contributed by atoms with Gasteiger partial charge in [-0.2, -0.15) is 0 Å². The van der Waals surface area contributed by atoms with Crippen molar-refractivity contribution in [1.82, 2.24) is 0 Å². The van der Waals surface area contributed by atoms with Crippen molar-refractivity contribution in [2.75, 3.05) is 19.0 Å². The molecule has 0 radical (unpaired) electrons. The van der Waals surface area contributed by atoms with E-state index in [0.29, 0.717) is 6.42 Å². The molecule has 0 spiro atoms. The zero-order valence-electron chi connectivity index (χ0n) is 12.4. The summed E-state index contributed by atoms with van der Waals surface area (Å²) in [6.45, 7) is 3.76. The molecule has 0 fully saturated rings. The van der Waals surface area contributed by atoms with Crippen LogP contribution in [0.15, 0.2) is 0 Å². The maximum absolute atomic E-state index is 10.7. The van der Waals surface area contributed by atoms with Gasteiger partial charge in [-0.15, -0.1) is 0 Å². The maximum Gasteiger partial charge on any atom is 0.209 e. The summed E-state index contributed by atoms with van der Waals surface area (Å²) in [5.41, 5.74) is 0. The highest BCUT2D eigenvalue weighted by Gasteiger charge is 2.01. The van der Waals surface area contributed by atoms with Gasteiger partial charge in [0.15, 0.2) is 0 Å². The smallest absolute Gasteiger partial charge is 0.209 e. The van der Waals surface area contributed by atoms with Crippen LogP contribution in [0.25, 0.3) is 0 Å². The number of hydrogen-bond acceptors (Lipinski definition) is 3. The summed E-state index contributed by atoms with van der Waals surface area (Å²) in [6, 6.07) is 0. The molecule has 0 saturated carbocycles. The first-order valence-corrected chi connectivity index (χ1v) is 9.36. The van der Waals surface area contributed by atoms with E-state index in [9.17, 15) is 8.42 Å². The lowest BCUT2D eigenvalue weighted by Gasteiger charge is -2.03. The molecular formula is C14H31NO3S. The van der Waals surface area contributed by atoms with E-state index in [1.807, 2.05) is 6.92 Å². The summed E-state index contributed by atoms with van der Waals surface area (Å²) >= 11 is 0. The minimum atomic E-state index is -3.25. The van der Waals surface area contributed by atoms with Crippen LogP contribution < -0.4 is 5.14 Å². The van der Waals surface area contributed by atoms with Crippen LogP contribution in [0.4, 0.5) is 0 Å². The predicted molar refractivity (Wildman–Crippen MR) is 80.6 cm³/mol. The Bertz CT molecular complexity index is 278. The number of hydrogen-bond donors (Lipinski definition) is 1. The van der Waals surface area contributed by atoms with Gasteiger partial charge in [-0.1, -0.05) is 51.4 Å². The van der Waals surface area contributed by atoms with Gasteiger partial charge < -0.3 is 4.74 Å². The highest BCUT2D eigenvalue weighted by Crippen LogP contribution is 2.10. The van der Waals surface area contributed by atoms with Crippen molar-refractivity contribution < 1.29 is 13.2 Å². The second-order valence-corrected chi connectivity index (χ2v) is 6.83. The Morgan fingerprint density at radius 1 is 0.789 bits per heavy atom. The van der Waals surface area contributed by atoms with Gasteiger partial charge in [-0.05, 0) is 19.8 Å². The SMILES string of the molecule is CCOCCCCCCCCCCCCS(N)(=O)=O. The molecule has 0 aromatic carbocycles. The number of unbranched alkanes of at least 4 members (excludes halogenated alkanes) is 9. The Hall–Kier alpha value is -0.130. The van der Waals surface area contributed by atoms with Crippen molar-refractivity contribution in [3.05, 3.63) is 0 Å². The van der Waals surface area contributed by atoms with Crippen LogP contribution in [0.1, 0.15) is 71.1 Å². The highest BCUT2D eigenvalue weighted by molar-refractivity contribution is 7.89. The molecule has 4 nitrogen and oxygen atoms in total. The molecule has 0 unspecified atom stereocenters. The number of sulfonamides is 1. The first-order chi connectivity index (χ1) is 9.06. The summed E-state index contributed by atoms with van der Waals surface area (Å²) in [5, 5.41) is 4.94.